The van der Waals surface area contributed by atoms with Gasteiger partial charge in [-0.3, -0.25) is 4.90 Å². The van der Waals surface area contributed by atoms with Crippen LogP contribution in [0, 0.1) is 0 Å². The van der Waals surface area contributed by atoms with Gasteiger partial charge in [0.2, 0.25) is 0 Å². The molecule has 0 fully saturated rings. The van der Waals surface area contributed by atoms with Crippen molar-refractivity contribution in [2.45, 2.75) is 25.9 Å². The van der Waals surface area contributed by atoms with Gasteiger partial charge in [0.25, 0.3) is 0 Å². The monoisotopic (exact) mass is 288 g/mol. The highest BCUT2D eigenvalue weighted by molar-refractivity contribution is 7.80. The Morgan fingerprint density at radius 3 is 2.55 bits per heavy atom. The Morgan fingerprint density at radius 2 is 2.00 bits per heavy atom. The number of nitrogens with zero attached hydrogens (tertiary/aromatic N) is 1. The Morgan fingerprint density at radius 1 is 1.25 bits per heavy atom. The summed E-state index contributed by atoms with van der Waals surface area (Å²) >= 11 is 5.11. The molecule has 3 nitrogen and oxygen atoms in total. The standard InChI is InChI=1S/C16H20N2OS/c1-2-18(12-14-9-6-10-19-14)15(11-16(17)20)13-7-4-3-5-8-13/h3-10,15H,2,11-12H2,1H3,(H2,17,20). The Labute approximate surface area is 125 Å². The van der Waals surface area contributed by atoms with E-state index in [1.54, 1.807) is 6.26 Å². The van der Waals surface area contributed by atoms with E-state index in [9.17, 15) is 0 Å². The maximum absolute atomic E-state index is 5.78. The molecule has 0 aliphatic rings. The fourth-order valence-corrected chi connectivity index (χ4v) is 2.53. The maximum atomic E-state index is 5.78. The Bertz CT molecular complexity index is 525. The predicted molar refractivity (Wildman–Crippen MR) is 85.4 cm³/mol. The van der Waals surface area contributed by atoms with Crippen molar-refractivity contribution in [3.63, 3.8) is 0 Å². The summed E-state index contributed by atoms with van der Waals surface area (Å²) in [6.07, 6.45) is 2.38. The highest BCUT2D eigenvalue weighted by Crippen LogP contribution is 2.26. The van der Waals surface area contributed by atoms with Gasteiger partial charge >= 0.3 is 0 Å². The summed E-state index contributed by atoms with van der Waals surface area (Å²) in [6.45, 7) is 3.80. The van der Waals surface area contributed by atoms with Crippen molar-refractivity contribution in [3.8, 4) is 0 Å². The Hall–Kier alpha value is -1.65. The first kappa shape index (κ1) is 14.8. The third-order valence-electron chi connectivity index (χ3n) is 3.36. The minimum Gasteiger partial charge on any atom is -0.468 e. The van der Waals surface area contributed by atoms with E-state index in [0.29, 0.717) is 11.4 Å². The summed E-state index contributed by atoms with van der Waals surface area (Å²) in [7, 11) is 0. The molecule has 2 aromatic rings. The van der Waals surface area contributed by atoms with Crippen LogP contribution < -0.4 is 5.73 Å². The molecule has 4 heteroatoms. The van der Waals surface area contributed by atoms with E-state index in [-0.39, 0.29) is 6.04 Å². The van der Waals surface area contributed by atoms with E-state index in [0.717, 1.165) is 18.8 Å². The summed E-state index contributed by atoms with van der Waals surface area (Å²) in [5, 5.41) is 0. The van der Waals surface area contributed by atoms with Gasteiger partial charge in [-0.05, 0) is 24.2 Å². The highest BCUT2D eigenvalue weighted by Gasteiger charge is 2.20. The summed E-state index contributed by atoms with van der Waals surface area (Å²) in [4.78, 5) is 2.87. The van der Waals surface area contributed by atoms with Crippen LogP contribution in [0.4, 0.5) is 0 Å². The summed E-state index contributed by atoms with van der Waals surface area (Å²) < 4.78 is 5.45. The van der Waals surface area contributed by atoms with Gasteiger partial charge in [-0.25, -0.2) is 0 Å². The van der Waals surface area contributed by atoms with Gasteiger partial charge in [0.15, 0.2) is 0 Å². The number of thiocarbonyl (C=S) groups is 1. The molecular formula is C16H20N2OS. The number of hydrogen-bond acceptors (Lipinski definition) is 3. The van der Waals surface area contributed by atoms with Crippen LogP contribution in [0.15, 0.2) is 53.1 Å². The predicted octanol–water partition coefficient (Wildman–Crippen LogP) is 3.52. The fraction of sp³-hybridized carbons (Fsp3) is 0.312. The van der Waals surface area contributed by atoms with Crippen LogP contribution in [0.1, 0.15) is 30.7 Å². The molecule has 1 unspecified atom stereocenters. The molecule has 20 heavy (non-hydrogen) atoms. The van der Waals surface area contributed by atoms with Gasteiger partial charge in [-0.15, -0.1) is 0 Å². The van der Waals surface area contributed by atoms with Crippen LogP contribution in [0.2, 0.25) is 0 Å². The average molecular weight is 288 g/mol. The van der Waals surface area contributed by atoms with Gasteiger partial charge in [-0.1, -0.05) is 49.5 Å². The maximum Gasteiger partial charge on any atom is 0.117 e. The molecule has 0 saturated carbocycles. The van der Waals surface area contributed by atoms with Crippen LogP contribution in [0.3, 0.4) is 0 Å². The fourth-order valence-electron chi connectivity index (χ4n) is 2.37. The first-order chi connectivity index (χ1) is 9.70. The zero-order valence-corrected chi connectivity index (χ0v) is 12.5. The van der Waals surface area contributed by atoms with E-state index >= 15 is 0 Å². The first-order valence-electron chi connectivity index (χ1n) is 6.80. The zero-order valence-electron chi connectivity index (χ0n) is 11.7. The zero-order chi connectivity index (χ0) is 14.4. The van der Waals surface area contributed by atoms with Crippen molar-refractivity contribution >= 4 is 17.2 Å². The van der Waals surface area contributed by atoms with Crippen LogP contribution >= 0.6 is 12.2 Å². The molecule has 1 atom stereocenters. The molecule has 0 radical (unpaired) electrons. The van der Waals surface area contributed by atoms with E-state index < -0.39 is 0 Å². The molecule has 0 saturated heterocycles. The molecule has 1 heterocycles. The van der Waals surface area contributed by atoms with Gasteiger partial charge in [0, 0.05) is 12.5 Å². The van der Waals surface area contributed by atoms with Crippen LogP contribution in [0.25, 0.3) is 0 Å². The van der Waals surface area contributed by atoms with Crippen molar-refractivity contribution in [2.75, 3.05) is 6.54 Å². The van der Waals surface area contributed by atoms with Crippen molar-refractivity contribution in [1.82, 2.24) is 4.90 Å². The summed E-state index contributed by atoms with van der Waals surface area (Å²) in [5.41, 5.74) is 7.01. The SMILES string of the molecule is CCN(Cc1ccco1)C(CC(N)=S)c1ccccc1. The third kappa shape index (κ3) is 3.92. The van der Waals surface area contributed by atoms with Gasteiger partial charge in [0.05, 0.1) is 17.8 Å². The van der Waals surface area contributed by atoms with Crippen molar-refractivity contribution in [2.24, 2.45) is 5.73 Å². The molecule has 2 N–H and O–H groups in total. The smallest absolute Gasteiger partial charge is 0.117 e. The van der Waals surface area contributed by atoms with Crippen molar-refractivity contribution < 1.29 is 4.42 Å². The number of furan rings is 1. The lowest BCUT2D eigenvalue weighted by Crippen LogP contribution is -2.31. The number of rotatable bonds is 7. The average Bonchev–Trinajstić information content (AvgIpc) is 2.96. The van der Waals surface area contributed by atoms with Crippen molar-refractivity contribution in [1.29, 1.82) is 0 Å². The quantitative estimate of drug-likeness (QED) is 0.792. The van der Waals surface area contributed by atoms with E-state index in [1.165, 1.54) is 5.56 Å². The van der Waals surface area contributed by atoms with E-state index in [2.05, 4.69) is 24.0 Å². The molecule has 0 spiro atoms. The second-order valence-corrected chi connectivity index (χ2v) is 5.26. The third-order valence-corrected chi connectivity index (χ3v) is 3.53. The second-order valence-electron chi connectivity index (χ2n) is 4.74. The van der Waals surface area contributed by atoms with Gasteiger partial charge < -0.3 is 10.2 Å². The lowest BCUT2D eigenvalue weighted by Gasteiger charge is -2.30. The molecule has 1 aromatic carbocycles. The highest BCUT2D eigenvalue weighted by atomic mass is 32.1. The number of benzene rings is 1. The Balaban J connectivity index is 2.21. The largest absolute Gasteiger partial charge is 0.468 e. The lowest BCUT2D eigenvalue weighted by molar-refractivity contribution is 0.188. The normalized spacial score (nSPS) is 12.5. The lowest BCUT2D eigenvalue weighted by atomic mass is 10.0. The molecule has 2 rings (SSSR count). The summed E-state index contributed by atoms with van der Waals surface area (Å²) in [6, 6.07) is 14.4. The molecule has 0 aliphatic carbocycles. The molecule has 0 amide bonds. The number of hydrogen-bond donors (Lipinski definition) is 1. The van der Waals surface area contributed by atoms with Gasteiger partial charge in [-0.2, -0.15) is 0 Å². The number of nitrogens with two attached hydrogens (primary N) is 1. The van der Waals surface area contributed by atoms with Crippen LogP contribution in [-0.4, -0.2) is 16.4 Å². The van der Waals surface area contributed by atoms with E-state index in [4.69, 9.17) is 22.4 Å². The minimum absolute atomic E-state index is 0.184. The molecule has 106 valence electrons. The van der Waals surface area contributed by atoms with Crippen LogP contribution in [0.5, 0.6) is 0 Å². The molecule has 0 bridgehead atoms. The second kappa shape index (κ2) is 7.22. The Kier molecular flexibility index (Phi) is 5.32. The first-order valence-corrected chi connectivity index (χ1v) is 7.21. The molecular weight excluding hydrogens is 268 g/mol. The summed E-state index contributed by atoms with van der Waals surface area (Å²) in [5.74, 6) is 0.954. The van der Waals surface area contributed by atoms with Crippen molar-refractivity contribution in [3.05, 3.63) is 60.1 Å². The molecule has 0 aliphatic heterocycles. The molecule has 1 aromatic heterocycles. The van der Waals surface area contributed by atoms with Gasteiger partial charge in [0.1, 0.15) is 5.76 Å². The van der Waals surface area contributed by atoms with Crippen LogP contribution in [-0.2, 0) is 6.54 Å². The minimum atomic E-state index is 0.184. The van der Waals surface area contributed by atoms with E-state index in [1.807, 2.05) is 30.3 Å². The topological polar surface area (TPSA) is 42.4 Å².